The number of esters is 1. The van der Waals surface area contributed by atoms with Crippen molar-refractivity contribution >= 4 is 14.3 Å². The molecule has 0 bridgehead atoms. The molecule has 0 aliphatic heterocycles. The van der Waals surface area contributed by atoms with Crippen LogP contribution in [-0.4, -0.2) is 38.7 Å². The molecule has 1 N–H and O–H groups in total. The minimum Gasteiger partial charge on any atom is -0.467 e. The third-order valence-corrected chi connectivity index (χ3v) is 12.5. The number of carbonyl (C=O) groups excluding carboxylic acids is 1. The Morgan fingerprint density at radius 3 is 2.38 bits per heavy atom. The van der Waals surface area contributed by atoms with Gasteiger partial charge < -0.3 is 14.3 Å². The van der Waals surface area contributed by atoms with Crippen molar-refractivity contribution in [3.63, 3.8) is 0 Å². The van der Waals surface area contributed by atoms with Gasteiger partial charge in [0.1, 0.15) is 0 Å². The molecule has 2 saturated carbocycles. The number of hydrogen-bond acceptors (Lipinski definition) is 4. The predicted molar refractivity (Wildman–Crippen MR) is 107 cm³/mol. The van der Waals surface area contributed by atoms with E-state index in [0.29, 0.717) is 17.9 Å². The van der Waals surface area contributed by atoms with Crippen molar-refractivity contribution in [1.29, 1.82) is 0 Å². The van der Waals surface area contributed by atoms with Crippen molar-refractivity contribution in [1.82, 2.24) is 0 Å². The number of hydrogen-bond donors (Lipinski definition) is 1. The third-order valence-electron chi connectivity index (χ3n) is 7.96. The molecule has 0 aromatic carbocycles. The number of aliphatic hydroxyl groups is 1. The van der Waals surface area contributed by atoms with E-state index in [-0.39, 0.29) is 16.4 Å². The summed E-state index contributed by atoms with van der Waals surface area (Å²) < 4.78 is 11.6. The van der Waals surface area contributed by atoms with Crippen LogP contribution in [0.3, 0.4) is 0 Å². The first-order chi connectivity index (χ1) is 11.8. The minimum atomic E-state index is -1.80. The van der Waals surface area contributed by atoms with Crippen LogP contribution in [0.5, 0.6) is 0 Å². The van der Waals surface area contributed by atoms with Crippen molar-refractivity contribution < 1.29 is 19.1 Å². The quantitative estimate of drug-likeness (QED) is 0.548. The van der Waals surface area contributed by atoms with Crippen LogP contribution >= 0.6 is 0 Å². The Hall–Kier alpha value is -0.393. The summed E-state index contributed by atoms with van der Waals surface area (Å²) in [5, 5.41) is 10.6. The number of aliphatic hydroxyl groups excluding tert-OH is 1. The van der Waals surface area contributed by atoms with Gasteiger partial charge in [-0.3, -0.25) is 0 Å². The van der Waals surface area contributed by atoms with Gasteiger partial charge in [-0.25, -0.2) is 4.79 Å². The topological polar surface area (TPSA) is 55.8 Å². The molecule has 0 unspecified atom stereocenters. The zero-order valence-corrected chi connectivity index (χ0v) is 19.1. The third kappa shape index (κ3) is 3.90. The van der Waals surface area contributed by atoms with Crippen molar-refractivity contribution in [3.05, 3.63) is 0 Å². The van der Waals surface area contributed by atoms with Gasteiger partial charge in [0.05, 0.1) is 7.11 Å². The number of fused-ring (bicyclic) bond motifs is 1. The van der Waals surface area contributed by atoms with Crippen LogP contribution in [0.1, 0.15) is 66.7 Å². The number of rotatable bonds is 5. The summed E-state index contributed by atoms with van der Waals surface area (Å²) in [5.41, 5.74) is 0.139. The fraction of sp³-hybridized carbons (Fsp3) is 0.952. The molecule has 0 saturated heterocycles. The molecule has 0 heterocycles. The molecule has 0 aromatic rings. The van der Waals surface area contributed by atoms with E-state index in [1.165, 1.54) is 13.5 Å². The Morgan fingerprint density at radius 2 is 1.85 bits per heavy atom. The molecule has 0 spiro atoms. The molecule has 0 aromatic heterocycles. The summed E-state index contributed by atoms with van der Waals surface area (Å²) in [6.45, 7) is 16.0. The number of carbonyl (C=O) groups is 1. The van der Waals surface area contributed by atoms with Crippen molar-refractivity contribution in [2.24, 2.45) is 23.2 Å². The van der Waals surface area contributed by atoms with E-state index >= 15 is 0 Å². The van der Waals surface area contributed by atoms with E-state index in [1.54, 1.807) is 0 Å². The maximum atomic E-state index is 11.8. The largest absolute Gasteiger partial charge is 0.467 e. The lowest BCUT2D eigenvalue weighted by molar-refractivity contribution is -0.155. The highest BCUT2D eigenvalue weighted by atomic mass is 28.4. The van der Waals surface area contributed by atoms with Gasteiger partial charge in [0.25, 0.3) is 0 Å². The summed E-state index contributed by atoms with van der Waals surface area (Å²) in [6.07, 6.45) is 4.98. The average Bonchev–Trinajstić information content (AvgIpc) is 2.89. The van der Waals surface area contributed by atoms with Crippen LogP contribution < -0.4 is 0 Å². The molecular weight excluding hydrogens is 344 g/mol. The van der Waals surface area contributed by atoms with E-state index in [0.717, 1.165) is 25.7 Å². The van der Waals surface area contributed by atoms with E-state index < -0.39 is 20.4 Å². The fourth-order valence-corrected chi connectivity index (χ4v) is 6.67. The second-order valence-electron chi connectivity index (χ2n) is 10.4. The predicted octanol–water partition coefficient (Wildman–Crippen LogP) is 4.76. The van der Waals surface area contributed by atoms with Crippen LogP contribution in [-0.2, 0) is 14.0 Å². The Morgan fingerprint density at radius 1 is 1.23 bits per heavy atom. The summed E-state index contributed by atoms with van der Waals surface area (Å²) >= 11 is 0. The Balaban J connectivity index is 2.19. The standard InChI is InChI=1S/C21H40O4Si/c1-14(18(22)19(23)24-6)15-11-12-16-17(10-9-13-21(15,16)5)25-26(7,8)20(2,3)4/h14-18,22H,9-13H2,1-8H3/t14-,15+,16-,17-,18+,21+/m0/s1. The van der Waals surface area contributed by atoms with Gasteiger partial charge in [0, 0.05) is 6.10 Å². The second-order valence-corrected chi connectivity index (χ2v) is 15.2. The van der Waals surface area contributed by atoms with Crippen LogP contribution in [0.15, 0.2) is 0 Å². The first kappa shape index (κ1) is 21.9. The number of methoxy groups -OCH3 is 1. The zero-order chi connectivity index (χ0) is 19.9. The van der Waals surface area contributed by atoms with Crippen LogP contribution in [0, 0.1) is 23.2 Å². The van der Waals surface area contributed by atoms with Crippen LogP contribution in [0.2, 0.25) is 18.1 Å². The van der Waals surface area contributed by atoms with Gasteiger partial charge in [-0.1, -0.05) is 41.0 Å². The van der Waals surface area contributed by atoms with Crippen molar-refractivity contribution in [2.45, 2.75) is 97.1 Å². The van der Waals surface area contributed by atoms with Gasteiger partial charge in [0.15, 0.2) is 14.4 Å². The zero-order valence-electron chi connectivity index (χ0n) is 18.1. The van der Waals surface area contributed by atoms with Crippen LogP contribution in [0.4, 0.5) is 0 Å². The Bertz CT molecular complexity index is 513. The molecule has 4 nitrogen and oxygen atoms in total. The van der Waals surface area contributed by atoms with Gasteiger partial charge in [-0.15, -0.1) is 0 Å². The molecule has 152 valence electrons. The monoisotopic (exact) mass is 384 g/mol. The first-order valence-corrected chi connectivity index (χ1v) is 13.2. The maximum Gasteiger partial charge on any atom is 0.334 e. The van der Waals surface area contributed by atoms with Gasteiger partial charge in [-0.05, 0) is 67.0 Å². The minimum absolute atomic E-state index is 0.0796. The summed E-state index contributed by atoms with van der Waals surface area (Å²) in [4.78, 5) is 11.8. The molecule has 2 aliphatic rings. The van der Waals surface area contributed by atoms with E-state index in [1.807, 2.05) is 6.92 Å². The highest BCUT2D eigenvalue weighted by Crippen LogP contribution is 2.59. The normalized spacial score (nSPS) is 34.9. The second kappa shape index (κ2) is 7.55. The molecule has 0 amide bonds. The first-order valence-electron chi connectivity index (χ1n) is 10.3. The molecule has 0 radical (unpaired) electrons. The molecule has 2 aliphatic carbocycles. The molecule has 2 rings (SSSR count). The fourth-order valence-electron chi connectivity index (χ4n) is 5.28. The highest BCUT2D eigenvalue weighted by Gasteiger charge is 2.55. The molecule has 6 atom stereocenters. The Labute approximate surface area is 161 Å². The average molecular weight is 385 g/mol. The van der Waals surface area contributed by atoms with E-state index in [4.69, 9.17) is 9.16 Å². The lowest BCUT2D eigenvalue weighted by Crippen LogP contribution is -2.51. The number of ether oxygens (including phenoxy) is 1. The molecule has 26 heavy (non-hydrogen) atoms. The highest BCUT2D eigenvalue weighted by molar-refractivity contribution is 6.74. The van der Waals surface area contributed by atoms with Gasteiger partial charge in [0.2, 0.25) is 0 Å². The Kier molecular flexibility index (Phi) is 6.36. The lowest BCUT2D eigenvalue weighted by atomic mass is 9.61. The van der Waals surface area contributed by atoms with Crippen molar-refractivity contribution in [2.75, 3.05) is 7.11 Å². The van der Waals surface area contributed by atoms with Crippen LogP contribution in [0.25, 0.3) is 0 Å². The summed E-state index contributed by atoms with van der Waals surface area (Å²) in [7, 11) is -0.455. The van der Waals surface area contributed by atoms with Crippen molar-refractivity contribution in [3.8, 4) is 0 Å². The SMILES string of the molecule is COC(=O)[C@H](O)[C@@H](C)[C@H]1CC[C@H]2[C@@H](O[Si](C)(C)C(C)(C)C)CCC[C@]12C. The maximum absolute atomic E-state index is 11.8. The molecular formula is C21H40O4Si. The molecule has 5 heteroatoms. The summed E-state index contributed by atoms with van der Waals surface area (Å²) in [5.74, 6) is 0.286. The van der Waals surface area contributed by atoms with Gasteiger partial charge >= 0.3 is 5.97 Å². The van der Waals surface area contributed by atoms with Gasteiger partial charge in [-0.2, -0.15) is 0 Å². The molecule has 2 fully saturated rings. The van der Waals surface area contributed by atoms with E-state index in [9.17, 15) is 9.90 Å². The summed E-state index contributed by atoms with van der Waals surface area (Å²) in [6, 6.07) is 0. The lowest BCUT2D eigenvalue weighted by Gasteiger charge is -2.50. The van der Waals surface area contributed by atoms with E-state index in [2.05, 4.69) is 40.8 Å². The smallest absolute Gasteiger partial charge is 0.334 e.